The van der Waals surface area contributed by atoms with Gasteiger partial charge >= 0.3 is 5.97 Å². The molecule has 0 radical (unpaired) electrons. The number of nitrogens with zero attached hydrogens (tertiary/aromatic N) is 1. The smallest absolute Gasteiger partial charge is 0.323 e. The van der Waals surface area contributed by atoms with Gasteiger partial charge in [-0.3, -0.25) is 9.69 Å². The average Bonchev–Trinajstić information content (AvgIpc) is 2.28. The topological polar surface area (TPSA) is 29.5 Å². The quantitative estimate of drug-likeness (QED) is 0.739. The summed E-state index contributed by atoms with van der Waals surface area (Å²) in [6.07, 6.45) is 0.720. The molecule has 86 valence electrons. The van der Waals surface area contributed by atoms with Gasteiger partial charge in [-0.15, -0.1) is 0 Å². The van der Waals surface area contributed by atoms with Gasteiger partial charge in [-0.1, -0.05) is 22.0 Å². The van der Waals surface area contributed by atoms with Crippen LogP contribution in [0.2, 0.25) is 0 Å². The molecular formula is C12H14BrNO2. The number of benzene rings is 1. The largest absolute Gasteiger partial charge is 0.468 e. The van der Waals surface area contributed by atoms with Gasteiger partial charge in [0.25, 0.3) is 0 Å². The Hall–Kier alpha value is -0.870. The van der Waals surface area contributed by atoms with Gasteiger partial charge in [0.1, 0.15) is 6.04 Å². The van der Waals surface area contributed by atoms with Gasteiger partial charge in [-0.2, -0.15) is 0 Å². The molecular weight excluding hydrogens is 270 g/mol. The maximum absolute atomic E-state index is 11.6. The van der Waals surface area contributed by atoms with Crippen molar-refractivity contribution in [3.05, 3.63) is 33.8 Å². The lowest BCUT2D eigenvalue weighted by Crippen LogP contribution is -2.43. The van der Waals surface area contributed by atoms with Crippen molar-refractivity contribution in [1.29, 1.82) is 0 Å². The minimum Gasteiger partial charge on any atom is -0.468 e. The van der Waals surface area contributed by atoms with Crippen molar-refractivity contribution in [2.45, 2.75) is 19.0 Å². The Morgan fingerprint density at radius 2 is 2.25 bits per heavy atom. The molecule has 0 unspecified atom stereocenters. The normalized spacial score (nSPS) is 20.3. The number of esters is 1. The molecule has 0 spiro atoms. The molecule has 3 nitrogen and oxygen atoms in total. The van der Waals surface area contributed by atoms with Crippen molar-refractivity contribution < 1.29 is 9.53 Å². The SMILES string of the molecule is COC(=O)[C@H]1Cc2cc(Br)ccc2CN1C. The number of ether oxygens (including phenoxy) is 1. The van der Waals surface area contributed by atoms with E-state index in [1.807, 2.05) is 18.0 Å². The van der Waals surface area contributed by atoms with E-state index in [1.54, 1.807) is 0 Å². The third kappa shape index (κ3) is 2.13. The second kappa shape index (κ2) is 4.55. The van der Waals surface area contributed by atoms with Crippen molar-refractivity contribution in [1.82, 2.24) is 4.90 Å². The lowest BCUT2D eigenvalue weighted by molar-refractivity contribution is -0.147. The number of rotatable bonds is 1. The molecule has 4 heteroatoms. The van der Waals surface area contributed by atoms with E-state index in [0.717, 1.165) is 17.4 Å². The summed E-state index contributed by atoms with van der Waals surface area (Å²) < 4.78 is 5.87. The Balaban J connectivity index is 2.29. The molecule has 0 aromatic heterocycles. The van der Waals surface area contributed by atoms with E-state index in [0.29, 0.717) is 0 Å². The van der Waals surface area contributed by atoms with Crippen LogP contribution in [-0.2, 0) is 22.5 Å². The highest BCUT2D eigenvalue weighted by atomic mass is 79.9. The van der Waals surface area contributed by atoms with Gasteiger partial charge in [0.05, 0.1) is 7.11 Å². The third-order valence-electron chi connectivity index (χ3n) is 3.01. The molecule has 0 N–H and O–H groups in total. The number of methoxy groups -OCH3 is 1. The minimum absolute atomic E-state index is 0.159. The molecule has 0 bridgehead atoms. The summed E-state index contributed by atoms with van der Waals surface area (Å²) in [5, 5.41) is 0. The summed E-state index contributed by atoms with van der Waals surface area (Å²) >= 11 is 3.45. The second-order valence-corrected chi connectivity index (χ2v) is 4.99. The Morgan fingerprint density at radius 1 is 1.50 bits per heavy atom. The van der Waals surface area contributed by atoms with E-state index < -0.39 is 0 Å². The number of fused-ring (bicyclic) bond motifs is 1. The van der Waals surface area contributed by atoms with Gasteiger partial charge in [0.2, 0.25) is 0 Å². The zero-order valence-electron chi connectivity index (χ0n) is 9.37. The monoisotopic (exact) mass is 283 g/mol. The molecule has 0 saturated heterocycles. The zero-order chi connectivity index (χ0) is 11.7. The molecule has 1 aromatic rings. The average molecular weight is 284 g/mol. The fraction of sp³-hybridized carbons (Fsp3) is 0.417. The standard InChI is InChI=1S/C12H14BrNO2/c1-14-7-8-3-4-10(13)5-9(8)6-11(14)12(15)16-2/h3-5,11H,6-7H2,1-2H3/t11-/m1/s1. The highest BCUT2D eigenvalue weighted by molar-refractivity contribution is 9.10. The maximum atomic E-state index is 11.6. The Morgan fingerprint density at radius 3 is 2.94 bits per heavy atom. The maximum Gasteiger partial charge on any atom is 0.323 e. The van der Waals surface area contributed by atoms with Crippen LogP contribution in [0.1, 0.15) is 11.1 Å². The van der Waals surface area contributed by atoms with Gasteiger partial charge in [0.15, 0.2) is 0 Å². The first-order valence-corrected chi connectivity index (χ1v) is 5.96. The molecule has 1 aliphatic rings. The molecule has 0 aliphatic carbocycles. The van der Waals surface area contributed by atoms with E-state index in [9.17, 15) is 4.79 Å². The van der Waals surface area contributed by atoms with E-state index in [-0.39, 0.29) is 12.0 Å². The van der Waals surface area contributed by atoms with E-state index in [2.05, 4.69) is 28.1 Å². The lowest BCUT2D eigenvalue weighted by atomic mass is 9.94. The Kier molecular flexibility index (Phi) is 3.30. The summed E-state index contributed by atoms with van der Waals surface area (Å²) in [6, 6.07) is 6.05. The summed E-state index contributed by atoms with van der Waals surface area (Å²) in [4.78, 5) is 13.6. The molecule has 1 atom stereocenters. The molecule has 0 saturated carbocycles. The van der Waals surface area contributed by atoms with Crippen molar-refractivity contribution in [3.8, 4) is 0 Å². The van der Waals surface area contributed by atoms with Crippen molar-refractivity contribution in [3.63, 3.8) is 0 Å². The Labute approximate surface area is 104 Å². The van der Waals surface area contributed by atoms with Gasteiger partial charge in [0, 0.05) is 11.0 Å². The first-order valence-electron chi connectivity index (χ1n) is 5.17. The van der Waals surface area contributed by atoms with Crippen LogP contribution in [0, 0.1) is 0 Å². The number of carbonyl (C=O) groups is 1. The molecule has 1 heterocycles. The van der Waals surface area contributed by atoms with Gasteiger partial charge < -0.3 is 4.74 Å². The van der Waals surface area contributed by atoms with Crippen molar-refractivity contribution in [2.24, 2.45) is 0 Å². The highest BCUT2D eigenvalue weighted by Gasteiger charge is 2.29. The van der Waals surface area contributed by atoms with E-state index >= 15 is 0 Å². The summed E-state index contributed by atoms with van der Waals surface area (Å²) in [7, 11) is 3.39. The Bertz CT molecular complexity index is 419. The molecule has 1 aliphatic heterocycles. The fourth-order valence-corrected chi connectivity index (χ4v) is 2.49. The predicted molar refractivity (Wildman–Crippen MR) is 65.1 cm³/mol. The first-order chi connectivity index (χ1) is 7.61. The molecule has 1 aromatic carbocycles. The van der Waals surface area contributed by atoms with Crippen LogP contribution in [0.4, 0.5) is 0 Å². The first kappa shape index (κ1) is 11.6. The highest BCUT2D eigenvalue weighted by Crippen LogP contribution is 2.25. The number of carbonyl (C=O) groups excluding carboxylic acids is 1. The second-order valence-electron chi connectivity index (χ2n) is 4.07. The number of likely N-dealkylation sites (N-methyl/N-ethyl adjacent to an activating group) is 1. The summed E-state index contributed by atoms with van der Waals surface area (Å²) in [6.45, 7) is 0.794. The van der Waals surface area contributed by atoms with Crippen LogP contribution in [0.15, 0.2) is 22.7 Å². The zero-order valence-corrected chi connectivity index (χ0v) is 11.0. The van der Waals surface area contributed by atoms with Gasteiger partial charge in [-0.05, 0) is 36.7 Å². The fourth-order valence-electron chi connectivity index (χ4n) is 2.08. The lowest BCUT2D eigenvalue weighted by Gasteiger charge is -2.32. The summed E-state index contributed by atoms with van der Waals surface area (Å²) in [5.41, 5.74) is 2.51. The van der Waals surface area contributed by atoms with Crippen LogP contribution >= 0.6 is 15.9 Å². The molecule has 2 rings (SSSR count). The molecule has 0 amide bonds. The molecule has 0 fully saturated rings. The third-order valence-corrected chi connectivity index (χ3v) is 3.50. The van der Waals surface area contributed by atoms with Crippen LogP contribution in [-0.4, -0.2) is 31.1 Å². The van der Waals surface area contributed by atoms with Crippen molar-refractivity contribution >= 4 is 21.9 Å². The van der Waals surface area contributed by atoms with Crippen LogP contribution in [0.25, 0.3) is 0 Å². The minimum atomic E-state index is -0.160. The van der Waals surface area contributed by atoms with Crippen LogP contribution < -0.4 is 0 Å². The molecule has 16 heavy (non-hydrogen) atoms. The van der Waals surface area contributed by atoms with Crippen LogP contribution in [0.5, 0.6) is 0 Å². The summed E-state index contributed by atoms with van der Waals surface area (Å²) in [5.74, 6) is -0.159. The number of halogens is 1. The predicted octanol–water partition coefficient (Wildman–Crippen LogP) is 1.98. The van der Waals surface area contributed by atoms with Crippen molar-refractivity contribution in [2.75, 3.05) is 14.2 Å². The number of hydrogen-bond donors (Lipinski definition) is 0. The van der Waals surface area contributed by atoms with Crippen LogP contribution in [0.3, 0.4) is 0 Å². The van der Waals surface area contributed by atoms with E-state index in [4.69, 9.17) is 4.74 Å². The number of hydrogen-bond acceptors (Lipinski definition) is 3. The van der Waals surface area contributed by atoms with E-state index in [1.165, 1.54) is 18.2 Å². The van der Waals surface area contributed by atoms with Gasteiger partial charge in [-0.25, -0.2) is 0 Å².